The molecule has 94 valence electrons. The van der Waals surface area contributed by atoms with Crippen LogP contribution < -0.4 is 5.56 Å². The van der Waals surface area contributed by atoms with Crippen LogP contribution in [0.4, 0.5) is 0 Å². The molecule has 0 radical (unpaired) electrons. The van der Waals surface area contributed by atoms with Crippen molar-refractivity contribution in [2.24, 2.45) is 0 Å². The van der Waals surface area contributed by atoms with Gasteiger partial charge >= 0.3 is 0 Å². The number of hydrogen-bond donors (Lipinski definition) is 1. The maximum Gasteiger partial charge on any atom is 0.282 e. The number of allylic oxidation sites excluding steroid dienone is 3. The van der Waals surface area contributed by atoms with Crippen molar-refractivity contribution in [3.05, 3.63) is 59.0 Å². The van der Waals surface area contributed by atoms with Gasteiger partial charge in [0.25, 0.3) is 5.56 Å². The van der Waals surface area contributed by atoms with Crippen LogP contribution in [0.3, 0.4) is 0 Å². The van der Waals surface area contributed by atoms with Crippen LogP contribution in [-0.2, 0) is 0 Å². The van der Waals surface area contributed by atoms with Gasteiger partial charge in [-0.1, -0.05) is 37.4 Å². The van der Waals surface area contributed by atoms with E-state index < -0.39 is 5.56 Å². The Morgan fingerprint density at radius 3 is 2.29 bits per heavy atom. The molecule has 0 bridgehead atoms. The van der Waals surface area contributed by atoms with Crippen molar-refractivity contribution in [3.8, 4) is 0 Å². The minimum absolute atomic E-state index is 0. The van der Waals surface area contributed by atoms with E-state index in [4.69, 9.17) is 5.21 Å². The highest BCUT2D eigenvalue weighted by Gasteiger charge is 1.98. The van der Waals surface area contributed by atoms with Crippen LogP contribution in [0.5, 0.6) is 0 Å². The lowest BCUT2D eigenvalue weighted by Crippen LogP contribution is -2.13. The maximum absolute atomic E-state index is 10.3. The van der Waals surface area contributed by atoms with Crippen LogP contribution in [0.25, 0.3) is 0 Å². The Morgan fingerprint density at radius 2 is 2.00 bits per heavy atom. The maximum atomic E-state index is 10.3. The molecule has 0 fully saturated rings. The summed E-state index contributed by atoms with van der Waals surface area (Å²) in [5.74, 6) is 2.22. The first-order valence-electron chi connectivity index (χ1n) is 4.90. The second kappa shape index (κ2) is 10.1. The fourth-order valence-electron chi connectivity index (χ4n) is 1.12. The lowest BCUT2D eigenvalue weighted by molar-refractivity contribution is 0.175. The van der Waals surface area contributed by atoms with Crippen molar-refractivity contribution in [2.45, 2.75) is 13.1 Å². The molecular formula is C11H16BCl2NO2. The molecule has 1 N–H and O–H groups in total. The van der Waals surface area contributed by atoms with Gasteiger partial charge in [0.2, 0.25) is 0 Å². The largest absolute Gasteiger partial charge is 0.425 e. The van der Waals surface area contributed by atoms with Gasteiger partial charge in [0.1, 0.15) is 0 Å². The van der Waals surface area contributed by atoms with Gasteiger partial charge in [-0.3, -0.25) is 4.79 Å². The first-order chi connectivity index (χ1) is 7.20. The number of hydrogen-bond acceptors (Lipinski definition) is 2. The molecule has 1 aromatic rings. The number of halogens is 2. The highest BCUT2D eigenvalue weighted by atomic mass is 35.5. The number of nitrogens with zero attached hydrogens (tertiary/aromatic N) is 1. The van der Waals surface area contributed by atoms with E-state index in [1.165, 1.54) is 18.6 Å². The topological polar surface area (TPSA) is 42.2 Å². The zero-order valence-electron chi connectivity index (χ0n) is 9.52. The third-order valence-corrected chi connectivity index (χ3v) is 2.00. The lowest BCUT2D eigenvalue weighted by atomic mass is 9.48. The summed E-state index contributed by atoms with van der Waals surface area (Å²) in [7, 11) is 0. The predicted octanol–water partition coefficient (Wildman–Crippen LogP) is 2.71. The summed E-state index contributed by atoms with van der Waals surface area (Å²) in [5.41, 5.74) is -0.410. The van der Waals surface area contributed by atoms with Crippen molar-refractivity contribution in [2.75, 3.05) is 0 Å². The minimum atomic E-state index is -0.410. The van der Waals surface area contributed by atoms with Gasteiger partial charge in [-0.15, -0.1) is 30.8 Å². The molecule has 0 amide bonds. The third kappa shape index (κ3) is 7.72. The molecule has 1 aromatic heterocycles. The summed E-state index contributed by atoms with van der Waals surface area (Å²) in [6, 6.07) is 4.41. The highest BCUT2D eigenvalue weighted by Crippen LogP contribution is 2.00. The molecule has 2 rings (SSSR count). The molecule has 0 atom stereocenters. The van der Waals surface area contributed by atoms with Gasteiger partial charge in [-0.05, 0) is 6.07 Å². The van der Waals surface area contributed by atoms with Gasteiger partial charge in [-0.2, -0.15) is 4.73 Å². The van der Waals surface area contributed by atoms with Crippen molar-refractivity contribution in [3.63, 3.8) is 0 Å². The monoisotopic (exact) mass is 275 g/mol. The minimum Gasteiger partial charge on any atom is -0.425 e. The van der Waals surface area contributed by atoms with Gasteiger partial charge in [0.05, 0.1) is 0 Å². The first kappa shape index (κ1) is 18.2. The molecule has 2 heterocycles. The number of pyridine rings is 1. The van der Waals surface area contributed by atoms with Crippen LogP contribution >= 0.6 is 24.8 Å². The van der Waals surface area contributed by atoms with Crippen LogP contribution in [0.2, 0.25) is 13.1 Å². The molecule has 0 aromatic carbocycles. The Labute approximate surface area is 114 Å². The Kier molecular flexibility index (Phi) is 10.8. The van der Waals surface area contributed by atoms with E-state index >= 15 is 0 Å². The van der Waals surface area contributed by atoms with Crippen molar-refractivity contribution in [1.29, 1.82) is 0 Å². The Hall–Kier alpha value is -1.13. The summed E-state index contributed by atoms with van der Waals surface area (Å²) >= 11 is 0. The molecule has 0 saturated heterocycles. The van der Waals surface area contributed by atoms with Gasteiger partial charge in [0.15, 0.2) is 6.71 Å². The van der Waals surface area contributed by atoms with E-state index in [9.17, 15) is 4.79 Å². The Balaban J connectivity index is 0. The molecular weight excluding hydrogens is 260 g/mol. The summed E-state index contributed by atoms with van der Waals surface area (Å²) in [5, 5.41) is 8.52. The van der Waals surface area contributed by atoms with Crippen LogP contribution in [0.15, 0.2) is 53.4 Å². The van der Waals surface area contributed by atoms with Gasteiger partial charge in [0, 0.05) is 12.3 Å². The van der Waals surface area contributed by atoms with E-state index in [1.807, 2.05) is 0 Å². The molecule has 1 aliphatic rings. The van der Waals surface area contributed by atoms with Crippen molar-refractivity contribution < 1.29 is 5.21 Å². The van der Waals surface area contributed by atoms with E-state index in [0.29, 0.717) is 4.73 Å². The van der Waals surface area contributed by atoms with Crippen molar-refractivity contribution >= 4 is 31.5 Å². The third-order valence-electron chi connectivity index (χ3n) is 2.00. The fraction of sp³-hybridized carbons (Fsp3) is 0.182. The smallest absolute Gasteiger partial charge is 0.282 e. The normalized spacial score (nSPS) is 11.7. The van der Waals surface area contributed by atoms with Gasteiger partial charge < -0.3 is 5.21 Å². The number of rotatable bonds is 0. The van der Waals surface area contributed by atoms with E-state index in [1.54, 1.807) is 12.1 Å². The second-order valence-corrected chi connectivity index (χ2v) is 3.41. The second-order valence-electron chi connectivity index (χ2n) is 3.41. The first-order valence-corrected chi connectivity index (χ1v) is 4.90. The average molecular weight is 276 g/mol. The van der Waals surface area contributed by atoms with E-state index in [-0.39, 0.29) is 24.8 Å². The van der Waals surface area contributed by atoms with Crippen LogP contribution in [-0.4, -0.2) is 16.7 Å². The molecule has 0 saturated carbocycles. The molecule has 1 aliphatic heterocycles. The summed E-state index contributed by atoms with van der Waals surface area (Å²) < 4.78 is 0.528. The molecule has 0 spiro atoms. The standard InChI is InChI=1S/C6H9B.C5H5NO2.2ClH/c1-7-5-3-2-4-6-7;7-5-3-1-2-4-6(5)8;;/h2-5H,6H2,1H3;1-4,8H;2*1H. The van der Waals surface area contributed by atoms with Crippen LogP contribution in [0, 0.1) is 0 Å². The fourth-order valence-corrected chi connectivity index (χ4v) is 1.12. The predicted molar refractivity (Wildman–Crippen MR) is 77.1 cm³/mol. The molecule has 0 aliphatic carbocycles. The van der Waals surface area contributed by atoms with Crippen LogP contribution in [0.1, 0.15) is 0 Å². The molecule has 0 unspecified atom stereocenters. The van der Waals surface area contributed by atoms with E-state index in [0.717, 1.165) is 6.71 Å². The average Bonchev–Trinajstić information content (AvgIpc) is 2.25. The summed E-state index contributed by atoms with van der Waals surface area (Å²) in [6.45, 7) is 2.99. The zero-order chi connectivity index (χ0) is 11.1. The lowest BCUT2D eigenvalue weighted by Gasteiger charge is -1.97. The van der Waals surface area contributed by atoms with Gasteiger partial charge in [-0.25, -0.2) is 0 Å². The Morgan fingerprint density at radius 1 is 1.29 bits per heavy atom. The number of aromatic nitrogens is 1. The molecule has 3 nitrogen and oxygen atoms in total. The summed E-state index contributed by atoms with van der Waals surface area (Å²) in [6.07, 6.45) is 8.90. The SMILES string of the molecule is CB1C=CC=CC1.Cl.Cl.O=c1ccccn1O. The quantitative estimate of drug-likeness (QED) is 0.584. The van der Waals surface area contributed by atoms with E-state index in [2.05, 4.69) is 31.0 Å². The molecule has 17 heavy (non-hydrogen) atoms. The summed E-state index contributed by atoms with van der Waals surface area (Å²) in [4.78, 5) is 10.3. The molecule has 6 heteroatoms. The zero-order valence-corrected chi connectivity index (χ0v) is 11.2. The Bertz CT molecular complexity index is 418. The van der Waals surface area contributed by atoms with Crippen molar-refractivity contribution in [1.82, 2.24) is 4.73 Å². The highest BCUT2D eigenvalue weighted by molar-refractivity contribution is 6.63.